The molecule has 1 aliphatic carbocycles. The van der Waals surface area contributed by atoms with Crippen LogP contribution < -0.4 is 4.74 Å². The van der Waals surface area contributed by atoms with Gasteiger partial charge in [0.15, 0.2) is 0 Å². The summed E-state index contributed by atoms with van der Waals surface area (Å²) >= 11 is 0. The van der Waals surface area contributed by atoms with Crippen LogP contribution in [0.4, 0.5) is 0 Å². The van der Waals surface area contributed by atoms with E-state index < -0.39 is 0 Å². The number of carbonyl (C=O) groups is 1. The highest BCUT2D eigenvalue weighted by atomic mass is 16.5. The van der Waals surface area contributed by atoms with Crippen LogP contribution in [0.15, 0.2) is 24.3 Å². The predicted molar refractivity (Wildman–Crippen MR) is 69.7 cm³/mol. The fourth-order valence-electron chi connectivity index (χ4n) is 2.61. The molecule has 1 aromatic carbocycles. The Morgan fingerprint density at radius 3 is 2.50 bits per heavy atom. The molecule has 0 heterocycles. The fourth-order valence-corrected chi connectivity index (χ4v) is 2.61. The predicted octanol–water partition coefficient (Wildman–Crippen LogP) is 3.14. The van der Waals surface area contributed by atoms with Gasteiger partial charge in [-0.25, -0.2) is 0 Å². The van der Waals surface area contributed by atoms with Gasteiger partial charge in [0.2, 0.25) is 0 Å². The largest absolute Gasteiger partial charge is 0.497 e. The molecule has 3 heteroatoms. The van der Waals surface area contributed by atoms with Gasteiger partial charge in [-0.05, 0) is 37.5 Å². The quantitative estimate of drug-likeness (QED) is 0.751. The highest BCUT2D eigenvalue weighted by Gasteiger charge is 2.60. The van der Waals surface area contributed by atoms with Crippen molar-refractivity contribution in [3.05, 3.63) is 29.8 Å². The van der Waals surface area contributed by atoms with Crippen LogP contribution in [0.3, 0.4) is 0 Å². The first-order chi connectivity index (χ1) is 8.67. The Morgan fingerprint density at radius 2 is 2.00 bits per heavy atom. The molecular weight excluding hydrogens is 228 g/mol. The minimum absolute atomic E-state index is 0.0479. The lowest BCUT2D eigenvalue weighted by Crippen LogP contribution is -2.20. The second kappa shape index (κ2) is 5.01. The van der Waals surface area contributed by atoms with Crippen molar-refractivity contribution in [2.24, 2.45) is 5.41 Å². The molecule has 0 unspecified atom stereocenters. The number of esters is 1. The summed E-state index contributed by atoms with van der Waals surface area (Å²) in [5.74, 6) is 1.10. The van der Waals surface area contributed by atoms with Gasteiger partial charge in [0.25, 0.3) is 0 Å². The van der Waals surface area contributed by atoms with Gasteiger partial charge in [-0.3, -0.25) is 4.79 Å². The Labute approximate surface area is 108 Å². The first-order valence-electron chi connectivity index (χ1n) is 6.49. The molecule has 0 spiro atoms. The Hall–Kier alpha value is -1.51. The third kappa shape index (κ3) is 2.09. The lowest BCUT2D eigenvalue weighted by molar-refractivity contribution is -0.150. The molecule has 0 radical (unpaired) electrons. The van der Waals surface area contributed by atoms with Crippen LogP contribution >= 0.6 is 0 Å². The summed E-state index contributed by atoms with van der Waals surface area (Å²) < 4.78 is 10.3. The molecule has 1 aromatic rings. The first kappa shape index (κ1) is 12.9. The van der Waals surface area contributed by atoms with Gasteiger partial charge in [-0.15, -0.1) is 0 Å². The van der Waals surface area contributed by atoms with Gasteiger partial charge in [0.05, 0.1) is 19.1 Å². The molecule has 18 heavy (non-hydrogen) atoms. The minimum atomic E-state index is -0.287. The Bertz CT molecular complexity index is 424. The summed E-state index contributed by atoms with van der Waals surface area (Å²) in [4.78, 5) is 12.0. The van der Waals surface area contributed by atoms with Gasteiger partial charge in [0.1, 0.15) is 5.75 Å². The third-order valence-electron chi connectivity index (χ3n) is 3.91. The lowest BCUT2D eigenvalue weighted by Gasteiger charge is -2.13. The van der Waals surface area contributed by atoms with Crippen molar-refractivity contribution >= 4 is 5.97 Å². The maximum Gasteiger partial charge on any atom is 0.312 e. The van der Waals surface area contributed by atoms with Crippen LogP contribution in [0.2, 0.25) is 0 Å². The number of ether oxygens (including phenoxy) is 2. The van der Waals surface area contributed by atoms with E-state index in [1.807, 2.05) is 31.2 Å². The molecule has 1 aliphatic rings. The molecule has 1 saturated carbocycles. The molecule has 98 valence electrons. The van der Waals surface area contributed by atoms with Crippen LogP contribution in [0.25, 0.3) is 0 Å². The number of rotatable bonds is 5. The van der Waals surface area contributed by atoms with Crippen LogP contribution in [-0.4, -0.2) is 19.7 Å². The van der Waals surface area contributed by atoms with Crippen molar-refractivity contribution in [3.8, 4) is 5.75 Å². The molecule has 2 rings (SSSR count). The highest BCUT2D eigenvalue weighted by molar-refractivity contribution is 5.82. The summed E-state index contributed by atoms with van der Waals surface area (Å²) in [5, 5.41) is 0. The molecule has 0 bridgehead atoms. The van der Waals surface area contributed by atoms with Crippen LogP contribution in [0.5, 0.6) is 5.75 Å². The van der Waals surface area contributed by atoms with E-state index in [1.54, 1.807) is 7.11 Å². The zero-order valence-corrected chi connectivity index (χ0v) is 11.2. The van der Waals surface area contributed by atoms with E-state index in [0.717, 1.165) is 18.6 Å². The molecule has 0 amide bonds. The normalized spacial score (nSPS) is 25.6. The fraction of sp³-hybridized carbons (Fsp3) is 0.533. The van der Waals surface area contributed by atoms with E-state index in [4.69, 9.17) is 9.47 Å². The number of hydrogen-bond acceptors (Lipinski definition) is 3. The summed E-state index contributed by atoms with van der Waals surface area (Å²) in [5.41, 5.74) is 0.913. The zero-order valence-electron chi connectivity index (χ0n) is 11.2. The summed E-state index contributed by atoms with van der Waals surface area (Å²) in [6.07, 6.45) is 1.73. The first-order valence-corrected chi connectivity index (χ1v) is 6.49. The van der Waals surface area contributed by atoms with Gasteiger partial charge in [0, 0.05) is 5.92 Å². The van der Waals surface area contributed by atoms with E-state index in [1.165, 1.54) is 5.56 Å². The van der Waals surface area contributed by atoms with Crippen LogP contribution in [0, 0.1) is 5.41 Å². The van der Waals surface area contributed by atoms with Gasteiger partial charge < -0.3 is 9.47 Å². The third-order valence-corrected chi connectivity index (χ3v) is 3.91. The SMILES string of the molecule is CCOC(=O)[C@@]1(CC)C[C@@H]1c1ccc(OC)cc1. The molecule has 0 saturated heterocycles. The van der Waals surface area contributed by atoms with Crippen LogP contribution in [-0.2, 0) is 9.53 Å². The second-order valence-corrected chi connectivity index (χ2v) is 4.76. The molecule has 1 fully saturated rings. The van der Waals surface area contributed by atoms with Crippen molar-refractivity contribution in [1.29, 1.82) is 0 Å². The summed E-state index contributed by atoms with van der Waals surface area (Å²) in [7, 11) is 1.65. The minimum Gasteiger partial charge on any atom is -0.497 e. The Kier molecular flexibility index (Phi) is 3.60. The van der Waals surface area contributed by atoms with Crippen molar-refractivity contribution in [1.82, 2.24) is 0 Å². The molecular formula is C15H20O3. The van der Waals surface area contributed by atoms with E-state index >= 15 is 0 Å². The standard InChI is InChI=1S/C15H20O3/c1-4-15(14(16)18-5-2)10-13(15)11-6-8-12(17-3)9-7-11/h6-9,13H,4-5,10H2,1-3H3/t13-,15+/m1/s1. The molecule has 0 aliphatic heterocycles. The Balaban J connectivity index is 2.13. The van der Waals surface area contributed by atoms with E-state index in [2.05, 4.69) is 6.92 Å². The summed E-state index contributed by atoms with van der Waals surface area (Å²) in [6, 6.07) is 7.97. The van der Waals surface area contributed by atoms with E-state index in [0.29, 0.717) is 12.5 Å². The van der Waals surface area contributed by atoms with Crippen molar-refractivity contribution < 1.29 is 14.3 Å². The average molecular weight is 248 g/mol. The van der Waals surface area contributed by atoms with Crippen molar-refractivity contribution in [3.63, 3.8) is 0 Å². The molecule has 0 aromatic heterocycles. The number of carbonyl (C=O) groups excluding carboxylic acids is 1. The van der Waals surface area contributed by atoms with E-state index in [9.17, 15) is 4.79 Å². The maximum absolute atomic E-state index is 12.0. The smallest absolute Gasteiger partial charge is 0.312 e. The highest BCUT2D eigenvalue weighted by Crippen LogP contribution is 2.62. The summed E-state index contributed by atoms with van der Waals surface area (Å²) in [6.45, 7) is 4.36. The average Bonchev–Trinajstić information content (AvgIpc) is 3.15. The topological polar surface area (TPSA) is 35.5 Å². The zero-order chi connectivity index (χ0) is 13.2. The van der Waals surface area contributed by atoms with Crippen molar-refractivity contribution in [2.45, 2.75) is 32.6 Å². The number of benzene rings is 1. The van der Waals surface area contributed by atoms with Crippen LogP contribution in [0.1, 0.15) is 38.2 Å². The van der Waals surface area contributed by atoms with Gasteiger partial charge in [-0.1, -0.05) is 19.1 Å². The number of methoxy groups -OCH3 is 1. The molecule has 0 N–H and O–H groups in total. The van der Waals surface area contributed by atoms with E-state index in [-0.39, 0.29) is 11.4 Å². The lowest BCUT2D eigenvalue weighted by atomic mass is 9.96. The van der Waals surface area contributed by atoms with Gasteiger partial charge in [-0.2, -0.15) is 0 Å². The van der Waals surface area contributed by atoms with Gasteiger partial charge >= 0.3 is 5.97 Å². The number of hydrogen-bond donors (Lipinski definition) is 0. The second-order valence-electron chi connectivity index (χ2n) is 4.76. The molecule has 3 nitrogen and oxygen atoms in total. The van der Waals surface area contributed by atoms with Crippen molar-refractivity contribution in [2.75, 3.05) is 13.7 Å². The maximum atomic E-state index is 12.0. The monoisotopic (exact) mass is 248 g/mol. The molecule has 2 atom stereocenters. The Morgan fingerprint density at radius 1 is 1.33 bits per heavy atom.